The lowest BCUT2D eigenvalue weighted by atomic mass is 9.92. The van der Waals surface area contributed by atoms with Gasteiger partial charge in [0.1, 0.15) is 5.75 Å². The lowest BCUT2D eigenvalue weighted by Gasteiger charge is -2.17. The first-order valence-corrected chi connectivity index (χ1v) is 4.11. The third kappa shape index (κ3) is 2.54. The zero-order valence-electron chi connectivity index (χ0n) is 8.07. The average Bonchev–Trinajstić information content (AvgIpc) is 2.04. The molecule has 13 heavy (non-hydrogen) atoms. The monoisotopic (exact) mass is 179 g/mol. The molecule has 1 aromatic rings. The van der Waals surface area contributed by atoms with Gasteiger partial charge in [-0.05, 0) is 12.1 Å². The lowest BCUT2D eigenvalue weighted by Crippen LogP contribution is -2.12. The van der Waals surface area contributed by atoms with Crippen LogP contribution in [-0.2, 0) is 10.2 Å². The molecule has 0 amide bonds. The van der Waals surface area contributed by atoms with Gasteiger partial charge in [-0.2, -0.15) is 0 Å². The molecule has 0 bridgehead atoms. The molecule has 0 spiro atoms. The highest BCUT2D eigenvalue weighted by Crippen LogP contribution is 2.21. The molecule has 3 nitrogen and oxygen atoms in total. The summed E-state index contributed by atoms with van der Waals surface area (Å²) < 4.78 is 4.63. The van der Waals surface area contributed by atoms with Crippen molar-refractivity contribution in [2.75, 3.05) is 0 Å². The fourth-order valence-electron chi connectivity index (χ4n) is 0.949. The summed E-state index contributed by atoms with van der Waals surface area (Å²) in [5.41, 5.74) is 1.01. The highest BCUT2D eigenvalue weighted by Gasteiger charge is 2.14. The Bertz CT molecular complexity index is 285. The van der Waals surface area contributed by atoms with Crippen LogP contribution in [0.1, 0.15) is 26.5 Å². The SMILES string of the molecule is CC(C)(C)c1ccc(OC=O)cn1. The number of carbonyl (C=O) groups excluding carboxylic acids is 1. The quantitative estimate of drug-likeness (QED) is 0.651. The Morgan fingerprint density at radius 2 is 2.08 bits per heavy atom. The molecule has 0 unspecified atom stereocenters. The number of aromatic nitrogens is 1. The number of carbonyl (C=O) groups is 1. The van der Waals surface area contributed by atoms with Crippen LogP contribution in [-0.4, -0.2) is 11.5 Å². The van der Waals surface area contributed by atoms with Crippen molar-refractivity contribution in [3.05, 3.63) is 24.0 Å². The van der Waals surface area contributed by atoms with Gasteiger partial charge in [-0.15, -0.1) is 0 Å². The summed E-state index contributed by atoms with van der Waals surface area (Å²) >= 11 is 0. The molecule has 70 valence electrons. The predicted molar refractivity (Wildman–Crippen MR) is 49.6 cm³/mol. The van der Waals surface area contributed by atoms with E-state index in [0.29, 0.717) is 12.2 Å². The molecule has 0 fully saturated rings. The molecule has 0 aliphatic heterocycles. The van der Waals surface area contributed by atoms with Gasteiger partial charge in [-0.3, -0.25) is 9.78 Å². The van der Waals surface area contributed by atoms with Crippen LogP contribution in [0.25, 0.3) is 0 Å². The summed E-state index contributed by atoms with van der Waals surface area (Å²) in [6, 6.07) is 3.60. The van der Waals surface area contributed by atoms with Crippen molar-refractivity contribution in [2.24, 2.45) is 0 Å². The molecule has 1 rings (SSSR count). The lowest BCUT2D eigenvalue weighted by molar-refractivity contribution is -0.120. The molecular weight excluding hydrogens is 166 g/mol. The van der Waals surface area contributed by atoms with Gasteiger partial charge in [-0.1, -0.05) is 20.8 Å². The molecule has 0 atom stereocenters. The highest BCUT2D eigenvalue weighted by molar-refractivity contribution is 5.44. The van der Waals surface area contributed by atoms with Gasteiger partial charge in [0.25, 0.3) is 6.47 Å². The Balaban J connectivity index is 2.87. The van der Waals surface area contributed by atoms with Crippen LogP contribution in [0, 0.1) is 0 Å². The van der Waals surface area contributed by atoms with Crippen molar-refractivity contribution in [1.29, 1.82) is 0 Å². The summed E-state index contributed by atoms with van der Waals surface area (Å²) in [5, 5.41) is 0. The molecule has 0 aromatic carbocycles. The smallest absolute Gasteiger partial charge is 0.298 e. The highest BCUT2D eigenvalue weighted by atomic mass is 16.5. The minimum absolute atomic E-state index is 0.0275. The molecule has 3 heteroatoms. The Kier molecular flexibility index (Phi) is 2.66. The normalized spacial score (nSPS) is 11.0. The first kappa shape index (κ1) is 9.71. The van der Waals surface area contributed by atoms with E-state index in [1.54, 1.807) is 12.3 Å². The van der Waals surface area contributed by atoms with Gasteiger partial charge in [0.05, 0.1) is 6.20 Å². The van der Waals surface area contributed by atoms with Crippen LogP contribution in [0.2, 0.25) is 0 Å². The Morgan fingerprint density at radius 1 is 1.38 bits per heavy atom. The molecule has 1 aromatic heterocycles. The van der Waals surface area contributed by atoms with E-state index < -0.39 is 0 Å². The minimum atomic E-state index is 0.0275. The third-order valence-electron chi connectivity index (χ3n) is 1.69. The maximum absolute atomic E-state index is 10.0. The van der Waals surface area contributed by atoms with Crippen molar-refractivity contribution in [2.45, 2.75) is 26.2 Å². The number of hydrogen-bond acceptors (Lipinski definition) is 3. The van der Waals surface area contributed by atoms with Crippen LogP contribution in [0.15, 0.2) is 18.3 Å². The molecule has 0 saturated carbocycles. The minimum Gasteiger partial charge on any atom is -0.427 e. The molecule has 0 N–H and O–H groups in total. The molecule has 0 aliphatic carbocycles. The zero-order chi connectivity index (χ0) is 9.90. The van der Waals surface area contributed by atoms with Crippen molar-refractivity contribution in [3.8, 4) is 5.75 Å². The van der Waals surface area contributed by atoms with E-state index in [4.69, 9.17) is 0 Å². The van der Waals surface area contributed by atoms with Gasteiger partial charge < -0.3 is 4.74 Å². The zero-order valence-corrected chi connectivity index (χ0v) is 8.07. The average molecular weight is 179 g/mol. The van der Waals surface area contributed by atoms with Crippen molar-refractivity contribution < 1.29 is 9.53 Å². The van der Waals surface area contributed by atoms with Crippen LogP contribution in [0.3, 0.4) is 0 Å². The number of ether oxygens (including phenoxy) is 1. The number of nitrogens with zero attached hydrogens (tertiary/aromatic N) is 1. The van der Waals surface area contributed by atoms with Crippen LogP contribution < -0.4 is 4.74 Å². The largest absolute Gasteiger partial charge is 0.427 e. The molecular formula is C10H13NO2. The fraction of sp³-hybridized carbons (Fsp3) is 0.400. The predicted octanol–water partition coefficient (Wildman–Crippen LogP) is 1.91. The summed E-state index contributed by atoms with van der Waals surface area (Å²) in [4.78, 5) is 14.2. The molecule has 1 heterocycles. The van der Waals surface area contributed by atoms with Crippen molar-refractivity contribution in [1.82, 2.24) is 4.98 Å². The van der Waals surface area contributed by atoms with Gasteiger partial charge in [0, 0.05) is 11.1 Å². The number of hydrogen-bond donors (Lipinski definition) is 0. The molecule has 0 aliphatic rings. The van der Waals surface area contributed by atoms with E-state index in [1.807, 2.05) is 6.07 Å². The van der Waals surface area contributed by atoms with Crippen molar-refractivity contribution >= 4 is 6.47 Å². The van der Waals surface area contributed by atoms with Crippen LogP contribution in [0.5, 0.6) is 5.75 Å². The van der Waals surface area contributed by atoms with E-state index >= 15 is 0 Å². The second-order valence-electron chi connectivity index (χ2n) is 3.84. The van der Waals surface area contributed by atoms with E-state index in [2.05, 4.69) is 30.5 Å². The standard InChI is InChI=1S/C10H13NO2/c1-10(2,3)9-5-4-8(6-11-9)13-7-12/h4-7H,1-3H3. The Hall–Kier alpha value is -1.38. The summed E-state index contributed by atoms with van der Waals surface area (Å²) in [6.07, 6.45) is 1.55. The maximum atomic E-state index is 10.0. The summed E-state index contributed by atoms with van der Waals surface area (Å²) in [6.45, 7) is 6.63. The second kappa shape index (κ2) is 3.56. The third-order valence-corrected chi connectivity index (χ3v) is 1.69. The van der Waals surface area contributed by atoms with Gasteiger partial charge >= 0.3 is 0 Å². The molecule has 0 radical (unpaired) electrons. The van der Waals surface area contributed by atoms with Crippen LogP contribution in [0.4, 0.5) is 0 Å². The summed E-state index contributed by atoms with van der Waals surface area (Å²) in [7, 11) is 0. The van der Waals surface area contributed by atoms with E-state index in [-0.39, 0.29) is 5.41 Å². The van der Waals surface area contributed by atoms with Gasteiger partial charge in [-0.25, -0.2) is 0 Å². The number of pyridine rings is 1. The van der Waals surface area contributed by atoms with E-state index in [0.717, 1.165) is 5.69 Å². The second-order valence-corrected chi connectivity index (χ2v) is 3.84. The first-order chi connectivity index (χ1) is 6.04. The van der Waals surface area contributed by atoms with Crippen LogP contribution >= 0.6 is 0 Å². The van der Waals surface area contributed by atoms with Crippen molar-refractivity contribution in [3.63, 3.8) is 0 Å². The first-order valence-electron chi connectivity index (χ1n) is 4.11. The Morgan fingerprint density at radius 3 is 2.46 bits per heavy atom. The van der Waals surface area contributed by atoms with E-state index in [9.17, 15) is 4.79 Å². The van der Waals surface area contributed by atoms with Gasteiger partial charge in [0.15, 0.2) is 0 Å². The summed E-state index contributed by atoms with van der Waals surface area (Å²) in [5.74, 6) is 0.475. The Labute approximate surface area is 77.8 Å². The maximum Gasteiger partial charge on any atom is 0.298 e. The molecule has 0 saturated heterocycles. The van der Waals surface area contributed by atoms with Gasteiger partial charge in [0.2, 0.25) is 0 Å². The topological polar surface area (TPSA) is 39.2 Å². The number of rotatable bonds is 2. The fourth-order valence-corrected chi connectivity index (χ4v) is 0.949. The van der Waals surface area contributed by atoms with E-state index in [1.165, 1.54) is 0 Å².